The summed E-state index contributed by atoms with van der Waals surface area (Å²) in [5.74, 6) is -0.540. The van der Waals surface area contributed by atoms with Gasteiger partial charge in [0.2, 0.25) is 0 Å². The predicted octanol–water partition coefficient (Wildman–Crippen LogP) is 4.15. The topological polar surface area (TPSA) is 126 Å². The molecule has 0 radical (unpaired) electrons. The molecular weight excluding hydrogens is 477 g/mol. The number of nitrogens with one attached hydrogen (secondary N) is 2. The van der Waals surface area contributed by atoms with Crippen LogP contribution in [0.4, 0.5) is 11.6 Å². The molecule has 2 aromatic heterocycles. The number of aromatic carboxylic acids is 1. The minimum Gasteiger partial charge on any atom is -0.478 e. The molecule has 32 heavy (non-hydrogen) atoms. The lowest BCUT2D eigenvalue weighted by Crippen LogP contribution is -2.15. The third kappa shape index (κ3) is 4.62. The highest BCUT2D eigenvalue weighted by Gasteiger charge is 2.18. The van der Waals surface area contributed by atoms with Crippen LogP contribution in [0.1, 0.15) is 15.9 Å². The Hall–Kier alpha value is -3.34. The number of halogens is 2. The molecule has 0 aliphatic rings. The molecule has 9 nitrogen and oxygen atoms in total. The van der Waals surface area contributed by atoms with Gasteiger partial charge in [-0.05, 0) is 54.1 Å². The van der Waals surface area contributed by atoms with E-state index in [9.17, 15) is 13.2 Å². The number of carboxylic acid groups (broad SMARTS) is 1. The summed E-state index contributed by atoms with van der Waals surface area (Å²) in [6.45, 7) is 0.418. The van der Waals surface area contributed by atoms with Crippen LogP contribution >= 0.6 is 23.2 Å². The van der Waals surface area contributed by atoms with Crippen molar-refractivity contribution in [2.45, 2.75) is 11.4 Å². The minimum atomic E-state index is -3.99. The van der Waals surface area contributed by atoms with Crippen LogP contribution in [0, 0.1) is 0 Å². The first-order chi connectivity index (χ1) is 15.2. The van der Waals surface area contributed by atoms with Gasteiger partial charge < -0.3 is 10.4 Å². The van der Waals surface area contributed by atoms with Gasteiger partial charge in [0.05, 0.1) is 26.7 Å². The van der Waals surface area contributed by atoms with Gasteiger partial charge in [0.15, 0.2) is 11.5 Å². The van der Waals surface area contributed by atoms with Crippen LogP contribution < -0.4 is 10.0 Å². The summed E-state index contributed by atoms with van der Waals surface area (Å²) in [5, 5.41) is 17.4. The Morgan fingerprint density at radius 3 is 2.47 bits per heavy atom. The highest BCUT2D eigenvalue weighted by atomic mass is 35.5. The second-order valence-electron chi connectivity index (χ2n) is 6.67. The molecule has 0 unspecified atom stereocenters. The van der Waals surface area contributed by atoms with E-state index in [1.54, 1.807) is 24.3 Å². The van der Waals surface area contributed by atoms with Gasteiger partial charge in [-0.1, -0.05) is 29.3 Å². The molecule has 2 aromatic carbocycles. The first-order valence-corrected chi connectivity index (χ1v) is 11.4. The maximum absolute atomic E-state index is 12.7. The zero-order valence-electron chi connectivity index (χ0n) is 16.2. The highest BCUT2D eigenvalue weighted by molar-refractivity contribution is 7.92. The number of rotatable bonds is 7. The molecule has 4 rings (SSSR count). The van der Waals surface area contributed by atoms with Crippen LogP contribution in [0.5, 0.6) is 0 Å². The molecule has 0 aliphatic heterocycles. The van der Waals surface area contributed by atoms with Crippen LogP contribution in [0.15, 0.2) is 65.7 Å². The molecule has 0 bridgehead atoms. The monoisotopic (exact) mass is 491 g/mol. The van der Waals surface area contributed by atoms with Crippen molar-refractivity contribution in [3.63, 3.8) is 0 Å². The largest absolute Gasteiger partial charge is 0.478 e. The molecule has 0 spiro atoms. The Labute approximate surface area is 192 Å². The van der Waals surface area contributed by atoms with Crippen LogP contribution in [0.25, 0.3) is 5.65 Å². The maximum Gasteiger partial charge on any atom is 0.335 e. The highest BCUT2D eigenvalue weighted by Crippen LogP contribution is 2.23. The van der Waals surface area contributed by atoms with Crippen molar-refractivity contribution in [3.05, 3.63) is 82.0 Å². The molecule has 0 fully saturated rings. The van der Waals surface area contributed by atoms with E-state index in [4.69, 9.17) is 28.3 Å². The number of anilines is 2. The fraction of sp³-hybridized carbons (Fsp3) is 0.0500. The fourth-order valence-corrected chi connectivity index (χ4v) is 4.20. The minimum absolute atomic E-state index is 0.0156. The van der Waals surface area contributed by atoms with Crippen LogP contribution in [-0.2, 0) is 16.6 Å². The first kappa shape index (κ1) is 21.9. The summed E-state index contributed by atoms with van der Waals surface area (Å²) in [6, 6.07) is 13.5. The van der Waals surface area contributed by atoms with Crippen molar-refractivity contribution in [2.24, 2.45) is 0 Å². The molecule has 0 saturated heterocycles. The van der Waals surface area contributed by atoms with E-state index in [0.717, 1.165) is 5.56 Å². The van der Waals surface area contributed by atoms with Crippen LogP contribution in [0.2, 0.25) is 10.0 Å². The Morgan fingerprint density at radius 2 is 1.78 bits per heavy atom. The summed E-state index contributed by atoms with van der Waals surface area (Å²) >= 11 is 12.0. The number of hydrogen-bond donors (Lipinski definition) is 3. The van der Waals surface area contributed by atoms with Crippen molar-refractivity contribution in [1.82, 2.24) is 14.6 Å². The maximum atomic E-state index is 12.7. The Bertz CT molecular complexity index is 1420. The van der Waals surface area contributed by atoms with Crippen molar-refractivity contribution >= 4 is 56.5 Å². The van der Waals surface area contributed by atoms with Gasteiger partial charge in [0, 0.05) is 6.54 Å². The standard InChI is InChI=1S/C20H15Cl2N5O4S/c21-15-6-1-12(9-16(15)22)10-23-17-7-8-18-24-11-19(27(18)25-17)26-32(30,31)14-4-2-13(3-5-14)20(28)29/h1-9,11,26H,10H2,(H,23,25)(H,28,29). The molecule has 0 saturated carbocycles. The molecule has 3 N–H and O–H groups in total. The van der Waals surface area contributed by atoms with Gasteiger partial charge in [-0.2, -0.15) is 4.52 Å². The zero-order chi connectivity index (χ0) is 22.9. The number of benzene rings is 2. The predicted molar refractivity (Wildman–Crippen MR) is 121 cm³/mol. The van der Waals surface area contributed by atoms with E-state index >= 15 is 0 Å². The lowest BCUT2D eigenvalue weighted by atomic mass is 10.2. The Balaban J connectivity index is 1.55. The summed E-state index contributed by atoms with van der Waals surface area (Å²) in [6.07, 6.45) is 1.34. The molecule has 0 amide bonds. The van der Waals surface area contributed by atoms with Gasteiger partial charge >= 0.3 is 5.97 Å². The summed E-state index contributed by atoms with van der Waals surface area (Å²) in [7, 11) is -3.99. The van der Waals surface area contributed by atoms with E-state index in [0.29, 0.717) is 28.1 Å². The number of carbonyl (C=O) groups is 1. The van der Waals surface area contributed by atoms with E-state index < -0.39 is 16.0 Å². The average molecular weight is 492 g/mol. The summed E-state index contributed by atoms with van der Waals surface area (Å²) in [5.41, 5.74) is 1.31. The summed E-state index contributed by atoms with van der Waals surface area (Å²) < 4.78 is 29.2. The fourth-order valence-electron chi connectivity index (χ4n) is 2.85. The molecule has 0 aliphatic carbocycles. The van der Waals surface area contributed by atoms with Gasteiger partial charge in [-0.15, -0.1) is 5.10 Å². The zero-order valence-corrected chi connectivity index (χ0v) is 18.5. The van der Waals surface area contributed by atoms with Gasteiger partial charge in [-0.25, -0.2) is 18.2 Å². The van der Waals surface area contributed by atoms with Crippen molar-refractivity contribution in [3.8, 4) is 0 Å². The Kier molecular flexibility index (Phi) is 5.92. The quantitative estimate of drug-likeness (QED) is 0.354. The summed E-state index contributed by atoms with van der Waals surface area (Å²) in [4.78, 5) is 15.0. The molecule has 4 aromatic rings. The molecule has 164 valence electrons. The van der Waals surface area contributed by atoms with E-state index in [1.807, 2.05) is 6.07 Å². The number of carboxylic acids is 1. The van der Waals surface area contributed by atoms with Crippen molar-refractivity contribution in [2.75, 3.05) is 10.0 Å². The average Bonchev–Trinajstić information content (AvgIpc) is 3.16. The van der Waals surface area contributed by atoms with Crippen LogP contribution in [0.3, 0.4) is 0 Å². The van der Waals surface area contributed by atoms with E-state index in [-0.39, 0.29) is 16.3 Å². The number of sulfonamides is 1. The number of nitrogens with zero attached hydrogens (tertiary/aromatic N) is 3. The third-order valence-corrected chi connectivity index (χ3v) is 6.58. The second kappa shape index (κ2) is 8.65. The van der Waals surface area contributed by atoms with Gasteiger partial charge in [0.25, 0.3) is 10.0 Å². The van der Waals surface area contributed by atoms with E-state index in [2.05, 4.69) is 20.1 Å². The molecule has 2 heterocycles. The molecule has 0 atom stereocenters. The normalized spacial score (nSPS) is 11.4. The van der Waals surface area contributed by atoms with E-state index in [1.165, 1.54) is 35.0 Å². The lowest BCUT2D eigenvalue weighted by Gasteiger charge is -2.10. The lowest BCUT2D eigenvalue weighted by molar-refractivity contribution is 0.0696. The third-order valence-electron chi connectivity index (χ3n) is 4.47. The number of aromatic nitrogens is 3. The van der Waals surface area contributed by atoms with Gasteiger partial charge in [-0.3, -0.25) is 4.72 Å². The second-order valence-corrected chi connectivity index (χ2v) is 9.17. The van der Waals surface area contributed by atoms with Crippen molar-refractivity contribution < 1.29 is 18.3 Å². The smallest absolute Gasteiger partial charge is 0.335 e. The van der Waals surface area contributed by atoms with Crippen molar-refractivity contribution in [1.29, 1.82) is 0 Å². The SMILES string of the molecule is O=C(O)c1ccc(S(=O)(=O)Nc2cnc3ccc(NCc4ccc(Cl)c(Cl)c4)nn23)cc1. The Morgan fingerprint density at radius 1 is 1.03 bits per heavy atom. The number of hydrogen-bond acceptors (Lipinski definition) is 6. The molecular formula is C20H15Cl2N5O4S. The first-order valence-electron chi connectivity index (χ1n) is 9.12. The number of fused-ring (bicyclic) bond motifs is 1. The molecule has 12 heteroatoms. The van der Waals surface area contributed by atoms with Crippen LogP contribution in [-0.4, -0.2) is 34.1 Å². The number of imidazole rings is 1. The van der Waals surface area contributed by atoms with Gasteiger partial charge in [0.1, 0.15) is 5.82 Å².